The zero-order chi connectivity index (χ0) is 18.3. The van der Waals surface area contributed by atoms with Gasteiger partial charge in [0.05, 0.1) is 6.42 Å². The van der Waals surface area contributed by atoms with Gasteiger partial charge in [-0.1, -0.05) is 12.1 Å². The van der Waals surface area contributed by atoms with Crippen LogP contribution in [0.15, 0.2) is 30.3 Å². The van der Waals surface area contributed by atoms with Gasteiger partial charge >= 0.3 is 23.9 Å². The summed E-state index contributed by atoms with van der Waals surface area (Å²) in [7, 11) is 0. The minimum atomic E-state index is -2.14. The lowest BCUT2D eigenvalue weighted by Gasteiger charge is -2.18. The molecule has 0 bridgehead atoms. The average Bonchev–Trinajstić information content (AvgIpc) is 2.49. The molecular formula is C15H14O9. The van der Waals surface area contributed by atoms with Crippen LogP contribution in [0.25, 0.3) is 6.08 Å². The highest BCUT2D eigenvalue weighted by Gasteiger charge is 2.38. The molecule has 0 saturated carbocycles. The molecule has 0 amide bonds. The summed E-state index contributed by atoms with van der Waals surface area (Å²) in [4.78, 5) is 44.4. The summed E-state index contributed by atoms with van der Waals surface area (Å²) < 4.78 is 4.56. The Balaban J connectivity index is 2.85. The van der Waals surface area contributed by atoms with Gasteiger partial charge in [0.25, 0.3) is 0 Å². The van der Waals surface area contributed by atoms with Crippen LogP contribution in [-0.4, -0.2) is 50.4 Å². The van der Waals surface area contributed by atoms with Gasteiger partial charge in [0.1, 0.15) is 11.7 Å². The maximum Gasteiger partial charge on any atom is 0.345 e. The van der Waals surface area contributed by atoms with E-state index >= 15 is 0 Å². The molecule has 0 radical (unpaired) electrons. The highest BCUT2D eigenvalue weighted by molar-refractivity contribution is 5.91. The Morgan fingerprint density at radius 1 is 1.00 bits per heavy atom. The molecular weight excluding hydrogens is 324 g/mol. The van der Waals surface area contributed by atoms with Crippen LogP contribution in [-0.2, 0) is 23.9 Å². The molecule has 0 spiro atoms. The standard InChI is InChI=1S/C15H14O9/c16-9-4-1-8(2-5-9)3-6-12(19)24-13(15(22)23)10(14(20)21)7-11(17)18/h1-6,10,13,16H,7H2,(H,17,18)(H,20,21)(H,22,23)/b6-3+/t10-,13-/m1/s1. The number of carbonyl (C=O) groups is 4. The van der Waals surface area contributed by atoms with Crippen molar-refractivity contribution in [3.63, 3.8) is 0 Å². The normalized spacial score (nSPS) is 13.2. The number of esters is 1. The maximum absolute atomic E-state index is 11.6. The van der Waals surface area contributed by atoms with Crippen LogP contribution >= 0.6 is 0 Å². The number of aliphatic carboxylic acids is 3. The first-order valence-electron chi connectivity index (χ1n) is 6.56. The number of benzene rings is 1. The van der Waals surface area contributed by atoms with Gasteiger partial charge in [0, 0.05) is 6.08 Å². The van der Waals surface area contributed by atoms with Gasteiger partial charge in [-0.2, -0.15) is 0 Å². The van der Waals surface area contributed by atoms with Gasteiger partial charge in [-0.15, -0.1) is 0 Å². The summed E-state index contributed by atoms with van der Waals surface area (Å²) in [5, 5.41) is 35.7. The molecule has 1 aromatic rings. The number of carbonyl (C=O) groups excluding carboxylic acids is 1. The lowest BCUT2D eigenvalue weighted by Crippen LogP contribution is -2.39. The summed E-state index contributed by atoms with van der Waals surface area (Å²) in [6, 6.07) is 5.66. The van der Waals surface area contributed by atoms with Crippen LogP contribution in [0, 0.1) is 5.92 Å². The molecule has 0 heterocycles. The van der Waals surface area contributed by atoms with Crippen LogP contribution in [0.3, 0.4) is 0 Å². The van der Waals surface area contributed by atoms with E-state index in [2.05, 4.69) is 4.74 Å². The number of carboxylic acid groups (broad SMARTS) is 3. The second-order valence-electron chi connectivity index (χ2n) is 4.66. The van der Waals surface area contributed by atoms with Crippen molar-refractivity contribution >= 4 is 30.0 Å². The number of hydrogen-bond donors (Lipinski definition) is 4. The lowest BCUT2D eigenvalue weighted by molar-refractivity contribution is -0.172. The van der Waals surface area contributed by atoms with Gasteiger partial charge in [0.2, 0.25) is 6.10 Å². The summed E-state index contributed by atoms with van der Waals surface area (Å²) in [5.74, 6) is -8.07. The van der Waals surface area contributed by atoms with Crippen LogP contribution < -0.4 is 0 Å². The third-order valence-electron chi connectivity index (χ3n) is 2.87. The van der Waals surface area contributed by atoms with Crippen molar-refractivity contribution in [3.8, 4) is 5.75 Å². The summed E-state index contributed by atoms with van der Waals surface area (Å²) in [6.45, 7) is 0. The predicted octanol–water partition coefficient (Wildman–Crippen LogP) is 0.577. The Morgan fingerprint density at radius 2 is 1.58 bits per heavy atom. The minimum absolute atomic E-state index is 0.0126. The van der Waals surface area contributed by atoms with Crippen molar-refractivity contribution in [2.24, 2.45) is 5.92 Å². The van der Waals surface area contributed by atoms with Crippen molar-refractivity contribution in [2.75, 3.05) is 0 Å². The fraction of sp³-hybridized carbons (Fsp3) is 0.200. The second-order valence-corrected chi connectivity index (χ2v) is 4.66. The number of phenols is 1. The molecule has 0 aliphatic carbocycles. The highest BCUT2D eigenvalue weighted by atomic mass is 16.6. The number of phenolic OH excluding ortho intramolecular Hbond substituents is 1. The average molecular weight is 338 g/mol. The molecule has 9 heteroatoms. The van der Waals surface area contributed by atoms with Gasteiger partial charge in [-0.05, 0) is 23.8 Å². The van der Waals surface area contributed by atoms with Crippen LogP contribution in [0.2, 0.25) is 0 Å². The van der Waals surface area contributed by atoms with E-state index in [0.29, 0.717) is 5.56 Å². The van der Waals surface area contributed by atoms with E-state index in [1.807, 2.05) is 0 Å². The Morgan fingerprint density at radius 3 is 2.04 bits per heavy atom. The molecule has 0 aliphatic heterocycles. The fourth-order valence-corrected chi connectivity index (χ4v) is 1.73. The molecule has 0 fully saturated rings. The van der Waals surface area contributed by atoms with Crippen LogP contribution in [0.5, 0.6) is 5.75 Å². The summed E-state index contributed by atoms with van der Waals surface area (Å²) in [6.07, 6.45) is -1.03. The Bertz CT molecular complexity index is 660. The van der Waals surface area contributed by atoms with E-state index in [0.717, 1.165) is 6.08 Å². The van der Waals surface area contributed by atoms with Crippen LogP contribution in [0.1, 0.15) is 12.0 Å². The van der Waals surface area contributed by atoms with E-state index in [4.69, 9.17) is 20.4 Å². The number of rotatable bonds is 8. The van der Waals surface area contributed by atoms with Crippen LogP contribution in [0.4, 0.5) is 0 Å². The molecule has 9 nitrogen and oxygen atoms in total. The van der Waals surface area contributed by atoms with Crippen molar-refractivity contribution in [3.05, 3.63) is 35.9 Å². The predicted molar refractivity (Wildman–Crippen MR) is 78.0 cm³/mol. The van der Waals surface area contributed by atoms with Gasteiger partial charge in [-0.25, -0.2) is 9.59 Å². The van der Waals surface area contributed by atoms with Gasteiger partial charge in [-0.3, -0.25) is 9.59 Å². The molecule has 1 aromatic carbocycles. The zero-order valence-corrected chi connectivity index (χ0v) is 12.2. The molecule has 0 aliphatic rings. The second kappa shape index (κ2) is 8.32. The molecule has 128 valence electrons. The van der Waals surface area contributed by atoms with E-state index < -0.39 is 42.3 Å². The molecule has 0 saturated heterocycles. The van der Waals surface area contributed by atoms with Crippen molar-refractivity contribution in [2.45, 2.75) is 12.5 Å². The molecule has 1 rings (SSSR count). The van der Waals surface area contributed by atoms with Gasteiger partial charge < -0.3 is 25.2 Å². The third-order valence-corrected chi connectivity index (χ3v) is 2.87. The SMILES string of the molecule is O=C(O)C[C@@H](C(=O)O)[C@@H](OC(=O)/C=C/c1ccc(O)cc1)C(=O)O. The number of hydrogen-bond acceptors (Lipinski definition) is 6. The monoisotopic (exact) mass is 338 g/mol. The summed E-state index contributed by atoms with van der Waals surface area (Å²) in [5.41, 5.74) is 0.497. The molecule has 24 heavy (non-hydrogen) atoms. The van der Waals surface area contributed by atoms with Crippen molar-refractivity contribution in [1.29, 1.82) is 0 Å². The topological polar surface area (TPSA) is 158 Å². The van der Waals surface area contributed by atoms with E-state index in [1.165, 1.54) is 30.3 Å². The minimum Gasteiger partial charge on any atom is -0.508 e. The largest absolute Gasteiger partial charge is 0.508 e. The first-order valence-corrected chi connectivity index (χ1v) is 6.56. The number of ether oxygens (including phenoxy) is 1. The third kappa shape index (κ3) is 5.79. The molecule has 0 aromatic heterocycles. The first-order chi connectivity index (χ1) is 11.2. The number of aromatic hydroxyl groups is 1. The Kier molecular flexibility index (Phi) is 6.48. The fourth-order valence-electron chi connectivity index (χ4n) is 1.73. The lowest BCUT2D eigenvalue weighted by atomic mass is 9.98. The van der Waals surface area contributed by atoms with E-state index in [9.17, 15) is 19.2 Å². The molecule has 0 unspecified atom stereocenters. The quantitative estimate of drug-likeness (QED) is 0.393. The Labute approximate surface area is 135 Å². The first kappa shape index (κ1) is 18.7. The smallest absolute Gasteiger partial charge is 0.345 e. The maximum atomic E-state index is 11.6. The molecule has 2 atom stereocenters. The van der Waals surface area contributed by atoms with Crippen molar-refractivity contribution < 1.29 is 44.3 Å². The Hall–Kier alpha value is -3.36. The zero-order valence-electron chi connectivity index (χ0n) is 12.2. The van der Waals surface area contributed by atoms with Crippen molar-refractivity contribution in [1.82, 2.24) is 0 Å². The molecule has 4 N–H and O–H groups in total. The van der Waals surface area contributed by atoms with E-state index in [-0.39, 0.29) is 5.75 Å². The highest BCUT2D eigenvalue weighted by Crippen LogP contribution is 2.15. The van der Waals surface area contributed by atoms with Gasteiger partial charge in [0.15, 0.2) is 0 Å². The number of carboxylic acids is 3. The summed E-state index contributed by atoms with van der Waals surface area (Å²) >= 11 is 0. The van der Waals surface area contributed by atoms with E-state index in [1.54, 1.807) is 0 Å².